The number of thiazole rings is 1. The van der Waals surface area contributed by atoms with E-state index < -0.39 is 0 Å². The molecule has 1 aromatic carbocycles. The summed E-state index contributed by atoms with van der Waals surface area (Å²) in [6.07, 6.45) is 1.54. The van der Waals surface area contributed by atoms with Crippen LogP contribution in [0.25, 0.3) is 0 Å². The van der Waals surface area contributed by atoms with E-state index in [0.717, 1.165) is 36.6 Å². The Balaban J connectivity index is 1.38. The quantitative estimate of drug-likeness (QED) is 0.825. The predicted molar refractivity (Wildman–Crippen MR) is 109 cm³/mol. The lowest BCUT2D eigenvalue weighted by atomic mass is 10.0. The van der Waals surface area contributed by atoms with Crippen LogP contribution in [0.3, 0.4) is 0 Å². The van der Waals surface area contributed by atoms with Crippen molar-refractivity contribution >= 4 is 34.0 Å². The summed E-state index contributed by atoms with van der Waals surface area (Å²) in [5.74, 6) is -0.168. The fourth-order valence-corrected chi connectivity index (χ4v) is 4.47. The number of hydrogen-bond acceptors (Lipinski definition) is 6. The predicted octanol–water partition coefficient (Wildman–Crippen LogP) is 2.89. The van der Waals surface area contributed by atoms with Gasteiger partial charge in [0, 0.05) is 42.7 Å². The summed E-state index contributed by atoms with van der Waals surface area (Å²) in [4.78, 5) is 30.9. The number of carbonyl (C=O) groups is 2. The minimum atomic E-state index is -0.186. The second-order valence-electron chi connectivity index (χ2n) is 7.47. The van der Waals surface area contributed by atoms with Crippen LogP contribution in [0.15, 0.2) is 23.6 Å². The summed E-state index contributed by atoms with van der Waals surface area (Å²) in [5.41, 5.74) is 3.30. The van der Waals surface area contributed by atoms with Crippen molar-refractivity contribution in [2.75, 3.05) is 23.7 Å². The van der Waals surface area contributed by atoms with Crippen molar-refractivity contribution in [2.45, 2.75) is 45.4 Å². The van der Waals surface area contributed by atoms with Gasteiger partial charge in [0.1, 0.15) is 0 Å². The van der Waals surface area contributed by atoms with Crippen LogP contribution in [0.5, 0.6) is 0 Å². The van der Waals surface area contributed by atoms with Gasteiger partial charge in [-0.3, -0.25) is 19.8 Å². The lowest BCUT2D eigenvalue weighted by molar-refractivity contribution is -0.116. The van der Waals surface area contributed by atoms with Crippen LogP contribution in [-0.4, -0.2) is 47.0 Å². The van der Waals surface area contributed by atoms with Gasteiger partial charge < -0.3 is 10.1 Å². The van der Waals surface area contributed by atoms with Gasteiger partial charge in [0.2, 0.25) is 5.91 Å². The number of benzene rings is 1. The lowest BCUT2D eigenvalue weighted by Crippen LogP contribution is -2.44. The highest BCUT2D eigenvalue weighted by molar-refractivity contribution is 7.14. The molecule has 2 amide bonds. The third kappa shape index (κ3) is 4.40. The molecular weight excluding hydrogens is 376 g/mol. The Kier molecular flexibility index (Phi) is 5.43. The number of amides is 2. The molecule has 1 aromatic heterocycles. The largest absolute Gasteiger partial charge is 0.373 e. The zero-order valence-electron chi connectivity index (χ0n) is 16.0. The van der Waals surface area contributed by atoms with Crippen LogP contribution in [0, 0.1) is 0 Å². The molecule has 2 N–H and O–H groups in total. The van der Waals surface area contributed by atoms with Crippen molar-refractivity contribution in [1.82, 2.24) is 9.88 Å². The monoisotopic (exact) mass is 400 g/mol. The number of nitrogens with one attached hydrogen (secondary N) is 2. The molecule has 0 unspecified atom stereocenters. The maximum atomic E-state index is 12.6. The molecule has 0 aliphatic carbocycles. The molecule has 2 aliphatic rings. The summed E-state index contributed by atoms with van der Waals surface area (Å²) in [6.45, 7) is 6.69. The third-order valence-corrected chi connectivity index (χ3v) is 5.72. The molecule has 0 saturated carbocycles. The van der Waals surface area contributed by atoms with Crippen LogP contribution < -0.4 is 10.6 Å². The number of fused-ring (bicyclic) bond motifs is 1. The fraction of sp³-hybridized carbons (Fsp3) is 0.450. The Morgan fingerprint density at radius 2 is 2.11 bits per heavy atom. The maximum absolute atomic E-state index is 12.6. The van der Waals surface area contributed by atoms with E-state index in [1.54, 1.807) is 12.1 Å². The number of morpholine rings is 1. The smallest absolute Gasteiger partial charge is 0.257 e. The number of hydrogen-bond donors (Lipinski definition) is 2. The first-order valence-electron chi connectivity index (χ1n) is 9.52. The Morgan fingerprint density at radius 3 is 2.89 bits per heavy atom. The molecule has 0 radical (unpaired) electrons. The SMILES string of the molecule is C[C@@H]1CN(Cc2csc(NC(=O)c3ccc4c(c3)CCC(=O)N4)n2)C[C@@H](C)O1. The molecule has 1 fully saturated rings. The van der Waals surface area contributed by atoms with Crippen LogP contribution in [0.2, 0.25) is 0 Å². The lowest BCUT2D eigenvalue weighted by Gasteiger charge is -2.34. The van der Waals surface area contributed by atoms with E-state index in [1.807, 2.05) is 11.4 Å². The summed E-state index contributed by atoms with van der Waals surface area (Å²) in [6, 6.07) is 5.36. The zero-order valence-corrected chi connectivity index (χ0v) is 16.8. The molecule has 0 spiro atoms. The van der Waals surface area contributed by atoms with E-state index in [0.29, 0.717) is 23.5 Å². The number of nitrogens with zero attached hydrogens (tertiary/aromatic N) is 2. The number of anilines is 2. The van der Waals surface area contributed by atoms with Crippen molar-refractivity contribution < 1.29 is 14.3 Å². The van der Waals surface area contributed by atoms with Gasteiger partial charge in [0.25, 0.3) is 5.91 Å². The van der Waals surface area contributed by atoms with Crippen LogP contribution >= 0.6 is 11.3 Å². The Labute approximate surface area is 168 Å². The van der Waals surface area contributed by atoms with Gasteiger partial charge in [-0.15, -0.1) is 11.3 Å². The van der Waals surface area contributed by atoms with E-state index in [2.05, 4.69) is 34.4 Å². The minimum Gasteiger partial charge on any atom is -0.373 e. The summed E-state index contributed by atoms with van der Waals surface area (Å²) >= 11 is 1.43. The number of ether oxygens (including phenoxy) is 1. The molecule has 148 valence electrons. The van der Waals surface area contributed by atoms with Crippen molar-refractivity contribution in [3.63, 3.8) is 0 Å². The van der Waals surface area contributed by atoms with E-state index in [9.17, 15) is 9.59 Å². The number of rotatable bonds is 4. The van der Waals surface area contributed by atoms with Gasteiger partial charge >= 0.3 is 0 Å². The first kappa shape index (κ1) is 19.0. The summed E-state index contributed by atoms with van der Waals surface area (Å²) in [7, 11) is 0. The van der Waals surface area contributed by atoms with Gasteiger partial charge in [0.05, 0.1) is 17.9 Å². The highest BCUT2D eigenvalue weighted by atomic mass is 32.1. The molecule has 2 atom stereocenters. The fourth-order valence-electron chi connectivity index (χ4n) is 3.77. The molecule has 4 rings (SSSR count). The third-order valence-electron chi connectivity index (χ3n) is 4.92. The van der Waals surface area contributed by atoms with E-state index in [-0.39, 0.29) is 24.0 Å². The van der Waals surface area contributed by atoms with Gasteiger partial charge in [-0.25, -0.2) is 4.98 Å². The number of aryl methyl sites for hydroxylation is 1. The molecule has 28 heavy (non-hydrogen) atoms. The summed E-state index contributed by atoms with van der Waals surface area (Å²) in [5, 5.41) is 8.30. The van der Waals surface area contributed by atoms with Gasteiger partial charge in [0.15, 0.2) is 5.13 Å². The highest BCUT2D eigenvalue weighted by Crippen LogP contribution is 2.25. The Morgan fingerprint density at radius 1 is 1.32 bits per heavy atom. The standard InChI is InChI=1S/C20H24N4O3S/c1-12-8-24(9-13(2)27-12)10-16-11-28-20(21-16)23-19(26)15-3-5-17-14(7-15)4-6-18(25)22-17/h3,5,7,11-13H,4,6,8-10H2,1-2H3,(H,22,25)(H,21,23,26)/t12-,13-/m1/s1. The average molecular weight is 401 g/mol. The summed E-state index contributed by atoms with van der Waals surface area (Å²) < 4.78 is 5.77. The molecule has 8 heteroatoms. The molecule has 1 saturated heterocycles. The molecule has 3 heterocycles. The second-order valence-corrected chi connectivity index (χ2v) is 8.33. The first-order valence-corrected chi connectivity index (χ1v) is 10.4. The van der Waals surface area contributed by atoms with Crippen molar-refractivity contribution in [3.05, 3.63) is 40.4 Å². The topological polar surface area (TPSA) is 83.6 Å². The van der Waals surface area contributed by atoms with Crippen molar-refractivity contribution in [2.24, 2.45) is 0 Å². The van der Waals surface area contributed by atoms with Gasteiger partial charge in [-0.2, -0.15) is 0 Å². The molecular formula is C20H24N4O3S. The van der Waals surface area contributed by atoms with Crippen LogP contribution in [-0.2, 0) is 22.5 Å². The molecule has 0 bridgehead atoms. The normalized spacial score (nSPS) is 22.4. The van der Waals surface area contributed by atoms with Crippen molar-refractivity contribution in [3.8, 4) is 0 Å². The van der Waals surface area contributed by atoms with E-state index >= 15 is 0 Å². The molecule has 7 nitrogen and oxygen atoms in total. The van der Waals surface area contributed by atoms with E-state index in [4.69, 9.17) is 4.74 Å². The van der Waals surface area contributed by atoms with Gasteiger partial charge in [-0.05, 0) is 44.0 Å². The maximum Gasteiger partial charge on any atom is 0.257 e. The van der Waals surface area contributed by atoms with Crippen molar-refractivity contribution in [1.29, 1.82) is 0 Å². The van der Waals surface area contributed by atoms with Crippen LogP contribution in [0.4, 0.5) is 10.8 Å². The van der Waals surface area contributed by atoms with Crippen LogP contribution in [0.1, 0.15) is 41.9 Å². The Bertz CT molecular complexity index is 887. The first-order chi connectivity index (χ1) is 13.5. The minimum absolute atomic E-state index is 0.0177. The average Bonchev–Trinajstić information content (AvgIpc) is 3.07. The molecule has 2 aromatic rings. The molecule has 2 aliphatic heterocycles. The van der Waals surface area contributed by atoms with E-state index in [1.165, 1.54) is 11.3 Å². The number of aromatic nitrogens is 1. The Hall–Kier alpha value is -2.29. The zero-order chi connectivity index (χ0) is 19.7. The number of carbonyl (C=O) groups excluding carboxylic acids is 2. The van der Waals surface area contributed by atoms with Gasteiger partial charge in [-0.1, -0.05) is 0 Å². The highest BCUT2D eigenvalue weighted by Gasteiger charge is 2.23. The second kappa shape index (κ2) is 7.98.